The van der Waals surface area contributed by atoms with Crippen LogP contribution in [0.5, 0.6) is 0 Å². The Bertz CT molecular complexity index is 759. The highest BCUT2D eigenvalue weighted by molar-refractivity contribution is 9.09. The summed E-state index contributed by atoms with van der Waals surface area (Å²) in [5.41, 5.74) is 1.10. The van der Waals surface area contributed by atoms with E-state index in [1.807, 2.05) is 11.3 Å². The molecule has 2 heteroatoms. The standard InChI is InChI=1S/C16H11BrS/c17-10-4-3-5-12-8-9-16-14(11-12)13-6-1-2-7-15(13)18-16/h1-2,6-9,11H,4,10H2. The third kappa shape index (κ3) is 2.16. The number of hydrogen-bond donors (Lipinski definition) is 0. The van der Waals surface area contributed by atoms with Crippen LogP contribution in [0.2, 0.25) is 0 Å². The van der Waals surface area contributed by atoms with E-state index in [-0.39, 0.29) is 0 Å². The Balaban J connectivity index is 2.16. The monoisotopic (exact) mass is 314 g/mol. The SMILES string of the molecule is BrCCC#Cc1ccc2sc3ccccc3c2c1. The van der Waals surface area contributed by atoms with E-state index in [1.165, 1.54) is 20.2 Å². The number of thiophene rings is 1. The fourth-order valence-electron chi connectivity index (χ4n) is 2.02. The predicted molar refractivity (Wildman–Crippen MR) is 84.6 cm³/mol. The molecule has 0 saturated heterocycles. The molecule has 0 unspecified atom stereocenters. The summed E-state index contributed by atoms with van der Waals surface area (Å²) in [4.78, 5) is 0. The summed E-state index contributed by atoms with van der Waals surface area (Å²) in [5.74, 6) is 6.38. The first-order chi connectivity index (χ1) is 8.88. The Morgan fingerprint density at radius 2 is 1.83 bits per heavy atom. The van der Waals surface area contributed by atoms with Crippen molar-refractivity contribution in [3.63, 3.8) is 0 Å². The van der Waals surface area contributed by atoms with Gasteiger partial charge in [0.2, 0.25) is 0 Å². The summed E-state index contributed by atoms with van der Waals surface area (Å²) < 4.78 is 2.68. The zero-order chi connectivity index (χ0) is 12.4. The molecule has 18 heavy (non-hydrogen) atoms. The highest BCUT2D eigenvalue weighted by atomic mass is 79.9. The van der Waals surface area contributed by atoms with E-state index in [0.29, 0.717) is 0 Å². The summed E-state index contributed by atoms with van der Waals surface area (Å²) in [6.07, 6.45) is 0.891. The average Bonchev–Trinajstić information content (AvgIpc) is 2.77. The van der Waals surface area contributed by atoms with Gasteiger partial charge in [0, 0.05) is 37.5 Å². The van der Waals surface area contributed by atoms with Crippen LogP contribution in [0.25, 0.3) is 20.2 Å². The molecule has 0 nitrogen and oxygen atoms in total. The van der Waals surface area contributed by atoms with Gasteiger partial charge in [0.15, 0.2) is 0 Å². The molecule has 2 aromatic carbocycles. The van der Waals surface area contributed by atoms with Crippen molar-refractivity contribution in [3.8, 4) is 11.8 Å². The van der Waals surface area contributed by atoms with Gasteiger partial charge in [-0.25, -0.2) is 0 Å². The van der Waals surface area contributed by atoms with Gasteiger partial charge in [-0.2, -0.15) is 0 Å². The van der Waals surface area contributed by atoms with Crippen LogP contribution in [-0.4, -0.2) is 5.33 Å². The molecule has 0 radical (unpaired) electrons. The molecule has 0 spiro atoms. The Hall–Kier alpha value is -1.30. The minimum absolute atomic E-state index is 0.891. The van der Waals surface area contributed by atoms with Gasteiger partial charge in [-0.1, -0.05) is 46.0 Å². The molecule has 0 amide bonds. The quantitative estimate of drug-likeness (QED) is 0.428. The van der Waals surface area contributed by atoms with Crippen molar-refractivity contribution in [2.24, 2.45) is 0 Å². The minimum Gasteiger partial charge on any atom is -0.135 e. The molecule has 3 aromatic rings. The van der Waals surface area contributed by atoms with Gasteiger partial charge in [0.1, 0.15) is 0 Å². The van der Waals surface area contributed by atoms with Gasteiger partial charge in [-0.05, 0) is 24.3 Å². The fraction of sp³-hybridized carbons (Fsp3) is 0.125. The normalized spacial score (nSPS) is 10.5. The fourth-order valence-corrected chi connectivity index (χ4v) is 3.30. The maximum Gasteiger partial charge on any atom is 0.0356 e. The topological polar surface area (TPSA) is 0 Å². The van der Waals surface area contributed by atoms with E-state index in [2.05, 4.69) is 70.2 Å². The molecule has 1 heterocycles. The van der Waals surface area contributed by atoms with Crippen LogP contribution in [0.15, 0.2) is 42.5 Å². The van der Waals surface area contributed by atoms with Crippen LogP contribution in [0.4, 0.5) is 0 Å². The third-order valence-corrected chi connectivity index (χ3v) is 4.38. The Morgan fingerprint density at radius 1 is 1.00 bits per heavy atom. The van der Waals surface area contributed by atoms with Crippen LogP contribution in [-0.2, 0) is 0 Å². The maximum absolute atomic E-state index is 3.39. The molecule has 1 aromatic heterocycles. The second-order valence-corrected chi connectivity index (χ2v) is 5.93. The second kappa shape index (κ2) is 5.14. The van der Waals surface area contributed by atoms with Crippen LogP contribution < -0.4 is 0 Å². The first-order valence-electron chi connectivity index (χ1n) is 5.84. The lowest BCUT2D eigenvalue weighted by Crippen LogP contribution is -1.74. The van der Waals surface area contributed by atoms with Crippen molar-refractivity contribution in [2.75, 3.05) is 5.33 Å². The highest BCUT2D eigenvalue weighted by Gasteiger charge is 2.03. The number of rotatable bonds is 1. The summed E-state index contributed by atoms with van der Waals surface area (Å²) >= 11 is 5.23. The number of fused-ring (bicyclic) bond motifs is 3. The van der Waals surface area contributed by atoms with Crippen molar-refractivity contribution < 1.29 is 0 Å². The van der Waals surface area contributed by atoms with Gasteiger partial charge in [-0.15, -0.1) is 11.3 Å². The van der Waals surface area contributed by atoms with Crippen molar-refractivity contribution in [2.45, 2.75) is 6.42 Å². The highest BCUT2D eigenvalue weighted by Crippen LogP contribution is 2.33. The van der Waals surface area contributed by atoms with Gasteiger partial charge in [0.05, 0.1) is 0 Å². The molecule has 0 aliphatic heterocycles. The summed E-state index contributed by atoms with van der Waals surface area (Å²) in [7, 11) is 0. The Morgan fingerprint density at radius 3 is 2.72 bits per heavy atom. The van der Waals surface area contributed by atoms with Gasteiger partial charge >= 0.3 is 0 Å². The van der Waals surface area contributed by atoms with Gasteiger partial charge < -0.3 is 0 Å². The van der Waals surface area contributed by atoms with E-state index in [9.17, 15) is 0 Å². The van der Waals surface area contributed by atoms with E-state index < -0.39 is 0 Å². The number of hydrogen-bond acceptors (Lipinski definition) is 1. The Labute approximate surface area is 119 Å². The molecule has 3 rings (SSSR count). The molecule has 0 N–H and O–H groups in total. The number of halogens is 1. The molecule has 0 bridgehead atoms. The minimum atomic E-state index is 0.891. The van der Waals surface area contributed by atoms with E-state index >= 15 is 0 Å². The predicted octanol–water partition coefficient (Wildman–Crippen LogP) is 5.19. The smallest absolute Gasteiger partial charge is 0.0356 e. The van der Waals surface area contributed by atoms with Crippen LogP contribution >= 0.6 is 27.3 Å². The molecular formula is C16H11BrS. The third-order valence-electron chi connectivity index (χ3n) is 2.83. The van der Waals surface area contributed by atoms with E-state index in [4.69, 9.17) is 0 Å². The van der Waals surface area contributed by atoms with Gasteiger partial charge in [0.25, 0.3) is 0 Å². The lowest BCUT2D eigenvalue weighted by atomic mass is 10.1. The first-order valence-corrected chi connectivity index (χ1v) is 7.78. The van der Waals surface area contributed by atoms with E-state index in [1.54, 1.807) is 0 Å². The Kier molecular flexibility index (Phi) is 3.36. The average molecular weight is 315 g/mol. The molecule has 0 saturated carbocycles. The zero-order valence-corrected chi connectivity index (χ0v) is 12.1. The van der Waals surface area contributed by atoms with Crippen LogP contribution in [0.3, 0.4) is 0 Å². The van der Waals surface area contributed by atoms with Crippen molar-refractivity contribution in [1.82, 2.24) is 0 Å². The number of alkyl halides is 1. The molecule has 0 fully saturated rings. The lowest BCUT2D eigenvalue weighted by Gasteiger charge is -1.93. The molecular weight excluding hydrogens is 304 g/mol. The van der Waals surface area contributed by atoms with Crippen molar-refractivity contribution in [3.05, 3.63) is 48.0 Å². The lowest BCUT2D eigenvalue weighted by molar-refractivity contribution is 1.32. The molecule has 0 aliphatic rings. The van der Waals surface area contributed by atoms with Gasteiger partial charge in [-0.3, -0.25) is 0 Å². The first kappa shape index (κ1) is 11.8. The van der Waals surface area contributed by atoms with Crippen molar-refractivity contribution >= 4 is 47.4 Å². The number of benzene rings is 2. The maximum atomic E-state index is 3.39. The van der Waals surface area contributed by atoms with Crippen molar-refractivity contribution in [1.29, 1.82) is 0 Å². The van der Waals surface area contributed by atoms with E-state index in [0.717, 1.165) is 17.3 Å². The summed E-state index contributed by atoms with van der Waals surface area (Å²) in [6, 6.07) is 15.0. The largest absolute Gasteiger partial charge is 0.135 e. The zero-order valence-electron chi connectivity index (χ0n) is 9.74. The molecule has 0 atom stereocenters. The summed E-state index contributed by atoms with van der Waals surface area (Å²) in [6.45, 7) is 0. The van der Waals surface area contributed by atoms with Crippen LogP contribution in [0, 0.1) is 11.8 Å². The molecule has 0 aliphatic carbocycles. The molecule has 88 valence electrons. The summed E-state index contributed by atoms with van der Waals surface area (Å²) in [5, 5.41) is 3.59. The van der Waals surface area contributed by atoms with Crippen LogP contribution in [0.1, 0.15) is 12.0 Å². The second-order valence-electron chi connectivity index (χ2n) is 4.05.